The molecule has 9 heteroatoms. The van der Waals surface area contributed by atoms with Crippen LogP contribution in [0.15, 0.2) is 29.2 Å². The van der Waals surface area contributed by atoms with Crippen LogP contribution < -0.4 is 15.8 Å². The normalized spacial score (nSPS) is 11.2. The number of anilines is 1. The van der Waals surface area contributed by atoms with Gasteiger partial charge in [-0.3, -0.25) is 9.59 Å². The van der Waals surface area contributed by atoms with Crippen LogP contribution in [0.4, 0.5) is 5.69 Å². The highest BCUT2D eigenvalue weighted by molar-refractivity contribution is 7.89. The minimum absolute atomic E-state index is 0.0394. The average molecular weight is 370 g/mol. The number of nitrogens with two attached hydrogens (primary N) is 1. The second-order valence-electron chi connectivity index (χ2n) is 5.33. The standard InChI is InChI=1S/C16H26N4O4S/c1-3-20(4-2)16(22)9-8-15(21)19-13-6-5-7-14(12-13)25(23,24)18-11-10-17/h5-7,12,18H,3-4,8-11,17H2,1-2H3,(H,19,21). The fourth-order valence-corrected chi connectivity index (χ4v) is 3.29. The summed E-state index contributed by atoms with van der Waals surface area (Å²) in [5, 5.41) is 2.61. The Bertz CT molecular complexity index is 687. The summed E-state index contributed by atoms with van der Waals surface area (Å²) >= 11 is 0. The molecule has 0 bridgehead atoms. The molecule has 0 radical (unpaired) electrons. The van der Waals surface area contributed by atoms with Crippen molar-refractivity contribution in [3.8, 4) is 0 Å². The van der Waals surface area contributed by atoms with Gasteiger partial charge in [0.25, 0.3) is 0 Å². The molecule has 0 aromatic heterocycles. The molecule has 0 saturated carbocycles. The molecule has 140 valence electrons. The van der Waals surface area contributed by atoms with Crippen molar-refractivity contribution in [3.63, 3.8) is 0 Å². The molecule has 0 aliphatic heterocycles. The molecule has 0 unspecified atom stereocenters. The van der Waals surface area contributed by atoms with E-state index in [0.717, 1.165) is 0 Å². The molecule has 0 aliphatic rings. The van der Waals surface area contributed by atoms with E-state index in [4.69, 9.17) is 5.73 Å². The van der Waals surface area contributed by atoms with Gasteiger partial charge < -0.3 is 16.0 Å². The van der Waals surface area contributed by atoms with Crippen molar-refractivity contribution in [3.05, 3.63) is 24.3 Å². The first-order valence-electron chi connectivity index (χ1n) is 8.21. The summed E-state index contributed by atoms with van der Waals surface area (Å²) in [4.78, 5) is 25.6. The van der Waals surface area contributed by atoms with Crippen LogP contribution in [0.1, 0.15) is 26.7 Å². The van der Waals surface area contributed by atoms with Gasteiger partial charge in [-0.05, 0) is 32.0 Å². The van der Waals surface area contributed by atoms with Gasteiger partial charge in [-0.1, -0.05) is 6.07 Å². The summed E-state index contributed by atoms with van der Waals surface area (Å²) in [7, 11) is -3.67. The molecule has 1 aromatic carbocycles. The van der Waals surface area contributed by atoms with Gasteiger partial charge in [0, 0.05) is 44.7 Å². The molecule has 4 N–H and O–H groups in total. The predicted molar refractivity (Wildman–Crippen MR) is 96.5 cm³/mol. The molecule has 1 rings (SSSR count). The van der Waals surface area contributed by atoms with E-state index in [9.17, 15) is 18.0 Å². The van der Waals surface area contributed by atoms with Crippen LogP contribution in [0.2, 0.25) is 0 Å². The van der Waals surface area contributed by atoms with Crippen molar-refractivity contribution >= 4 is 27.5 Å². The largest absolute Gasteiger partial charge is 0.343 e. The Morgan fingerprint density at radius 1 is 1.16 bits per heavy atom. The van der Waals surface area contributed by atoms with Gasteiger partial charge in [0.2, 0.25) is 21.8 Å². The first-order chi connectivity index (χ1) is 11.8. The molecule has 0 aliphatic carbocycles. The highest BCUT2D eigenvalue weighted by atomic mass is 32.2. The Kier molecular flexibility index (Phi) is 8.53. The smallest absolute Gasteiger partial charge is 0.240 e. The second kappa shape index (κ2) is 10.1. The SMILES string of the molecule is CCN(CC)C(=O)CCC(=O)Nc1cccc(S(=O)(=O)NCCN)c1. The van der Waals surface area contributed by atoms with Crippen molar-refractivity contribution in [2.45, 2.75) is 31.6 Å². The molecule has 0 heterocycles. The van der Waals surface area contributed by atoms with Crippen LogP contribution in [0.3, 0.4) is 0 Å². The van der Waals surface area contributed by atoms with Crippen LogP contribution in [-0.4, -0.2) is 51.3 Å². The van der Waals surface area contributed by atoms with E-state index < -0.39 is 10.0 Å². The monoisotopic (exact) mass is 370 g/mol. The minimum Gasteiger partial charge on any atom is -0.343 e. The molecular formula is C16H26N4O4S. The third kappa shape index (κ3) is 6.81. The Morgan fingerprint density at radius 3 is 2.44 bits per heavy atom. The first-order valence-corrected chi connectivity index (χ1v) is 9.69. The van der Waals surface area contributed by atoms with E-state index >= 15 is 0 Å². The van der Waals surface area contributed by atoms with Crippen LogP contribution in [0.25, 0.3) is 0 Å². The summed E-state index contributed by atoms with van der Waals surface area (Å²) in [5.74, 6) is -0.424. The van der Waals surface area contributed by atoms with Crippen molar-refractivity contribution < 1.29 is 18.0 Å². The van der Waals surface area contributed by atoms with E-state index in [2.05, 4.69) is 10.0 Å². The lowest BCUT2D eigenvalue weighted by Crippen LogP contribution is -2.31. The fraction of sp³-hybridized carbons (Fsp3) is 0.500. The minimum atomic E-state index is -3.67. The zero-order chi connectivity index (χ0) is 18.9. The lowest BCUT2D eigenvalue weighted by Gasteiger charge is -2.18. The van der Waals surface area contributed by atoms with E-state index in [1.54, 1.807) is 11.0 Å². The second-order valence-corrected chi connectivity index (χ2v) is 7.10. The Balaban J connectivity index is 2.67. The number of carbonyl (C=O) groups is 2. The molecule has 0 atom stereocenters. The number of hydrogen-bond acceptors (Lipinski definition) is 5. The van der Waals surface area contributed by atoms with Crippen molar-refractivity contribution in [2.75, 3.05) is 31.5 Å². The number of amides is 2. The maximum atomic E-state index is 12.1. The molecule has 0 saturated heterocycles. The third-order valence-electron chi connectivity index (χ3n) is 3.55. The van der Waals surface area contributed by atoms with E-state index in [0.29, 0.717) is 18.8 Å². The number of benzene rings is 1. The average Bonchev–Trinajstić information content (AvgIpc) is 2.59. The van der Waals surface area contributed by atoms with E-state index in [-0.39, 0.29) is 42.6 Å². The Morgan fingerprint density at radius 2 is 1.84 bits per heavy atom. The summed E-state index contributed by atoms with van der Waals surface area (Å²) < 4.78 is 26.5. The van der Waals surface area contributed by atoms with Gasteiger partial charge >= 0.3 is 0 Å². The van der Waals surface area contributed by atoms with Crippen molar-refractivity contribution in [2.24, 2.45) is 5.73 Å². The number of nitrogens with one attached hydrogen (secondary N) is 2. The van der Waals surface area contributed by atoms with Crippen LogP contribution in [0.5, 0.6) is 0 Å². The molecule has 25 heavy (non-hydrogen) atoms. The number of sulfonamides is 1. The zero-order valence-electron chi connectivity index (χ0n) is 14.6. The van der Waals surface area contributed by atoms with Crippen LogP contribution in [0, 0.1) is 0 Å². The van der Waals surface area contributed by atoms with Gasteiger partial charge in [0.1, 0.15) is 0 Å². The van der Waals surface area contributed by atoms with Crippen molar-refractivity contribution in [1.82, 2.24) is 9.62 Å². The quantitative estimate of drug-likeness (QED) is 0.554. The van der Waals surface area contributed by atoms with E-state index in [1.165, 1.54) is 18.2 Å². The molecular weight excluding hydrogens is 344 g/mol. The van der Waals surface area contributed by atoms with Gasteiger partial charge in [-0.25, -0.2) is 13.1 Å². The lowest BCUT2D eigenvalue weighted by atomic mass is 10.2. The third-order valence-corrected chi connectivity index (χ3v) is 5.01. The molecule has 0 fully saturated rings. The summed E-state index contributed by atoms with van der Waals surface area (Å²) in [6, 6.07) is 5.92. The lowest BCUT2D eigenvalue weighted by molar-refractivity contribution is -0.132. The Labute approximate surface area is 148 Å². The number of nitrogens with zero attached hydrogens (tertiary/aromatic N) is 1. The Hall–Kier alpha value is -1.97. The van der Waals surface area contributed by atoms with Gasteiger partial charge in [-0.2, -0.15) is 0 Å². The van der Waals surface area contributed by atoms with Crippen molar-refractivity contribution in [1.29, 1.82) is 0 Å². The van der Waals surface area contributed by atoms with Gasteiger partial charge in [-0.15, -0.1) is 0 Å². The first kappa shape index (κ1) is 21.1. The number of hydrogen-bond donors (Lipinski definition) is 3. The van der Waals surface area contributed by atoms with E-state index in [1.807, 2.05) is 13.8 Å². The summed E-state index contributed by atoms with van der Waals surface area (Å²) in [6.45, 7) is 5.29. The fourth-order valence-electron chi connectivity index (χ4n) is 2.20. The summed E-state index contributed by atoms with van der Waals surface area (Å²) in [5.41, 5.74) is 5.65. The number of rotatable bonds is 10. The highest BCUT2D eigenvalue weighted by Crippen LogP contribution is 2.15. The highest BCUT2D eigenvalue weighted by Gasteiger charge is 2.15. The topological polar surface area (TPSA) is 122 Å². The molecule has 0 spiro atoms. The van der Waals surface area contributed by atoms with Crippen LogP contribution >= 0.6 is 0 Å². The predicted octanol–water partition coefficient (Wildman–Crippen LogP) is 0.511. The molecule has 1 aromatic rings. The van der Waals surface area contributed by atoms with Crippen LogP contribution in [-0.2, 0) is 19.6 Å². The summed E-state index contributed by atoms with van der Waals surface area (Å²) in [6.07, 6.45) is 0.154. The molecule has 8 nitrogen and oxygen atoms in total. The maximum absolute atomic E-state index is 12.1. The molecule has 2 amide bonds. The number of carbonyl (C=O) groups excluding carboxylic acids is 2. The maximum Gasteiger partial charge on any atom is 0.240 e. The zero-order valence-corrected chi connectivity index (χ0v) is 15.4. The van der Waals surface area contributed by atoms with Gasteiger partial charge in [0.05, 0.1) is 4.90 Å². The van der Waals surface area contributed by atoms with Gasteiger partial charge in [0.15, 0.2) is 0 Å².